The van der Waals surface area contributed by atoms with Crippen molar-refractivity contribution in [3.8, 4) is 5.75 Å². The van der Waals surface area contributed by atoms with Gasteiger partial charge in [-0.2, -0.15) is 0 Å². The molecule has 1 aliphatic rings. The Hall–Kier alpha value is -2.34. The van der Waals surface area contributed by atoms with Gasteiger partial charge in [0.2, 0.25) is 0 Å². The molecule has 1 unspecified atom stereocenters. The number of carbonyl (C=O) groups excluding carboxylic acids is 1. The number of hydrogen-bond donors (Lipinski definition) is 1. The molecule has 1 heterocycles. The summed E-state index contributed by atoms with van der Waals surface area (Å²) in [6.45, 7) is 7.25. The monoisotopic (exact) mass is 387 g/mol. The fourth-order valence-electron chi connectivity index (χ4n) is 3.79. The molecule has 1 aliphatic carbocycles. The Balaban J connectivity index is 1.77. The molecule has 3 rings (SSSR count). The Morgan fingerprint density at radius 2 is 1.82 bits per heavy atom. The first-order valence-electron chi connectivity index (χ1n) is 9.84. The molecular weight excluding hydrogens is 358 g/mol. The lowest BCUT2D eigenvalue weighted by Gasteiger charge is -2.29. The minimum absolute atomic E-state index is 0.137. The molecule has 0 spiro atoms. The van der Waals surface area contributed by atoms with Gasteiger partial charge in [0.1, 0.15) is 11.3 Å². The van der Waals surface area contributed by atoms with Crippen molar-refractivity contribution < 1.29 is 18.7 Å². The van der Waals surface area contributed by atoms with Crippen molar-refractivity contribution in [2.45, 2.75) is 71.6 Å². The van der Waals surface area contributed by atoms with Gasteiger partial charge in [0.15, 0.2) is 6.10 Å². The molecule has 1 fully saturated rings. The summed E-state index contributed by atoms with van der Waals surface area (Å²) in [5.41, 5.74) is 2.40. The lowest BCUT2D eigenvalue weighted by Crippen LogP contribution is -2.44. The number of aryl methyl sites for hydroxylation is 2. The largest absolute Gasteiger partial charge is 0.480 e. The molecule has 1 N–H and O–H groups in total. The quantitative estimate of drug-likeness (QED) is 0.794. The summed E-state index contributed by atoms with van der Waals surface area (Å²) < 4.78 is 16.8. The van der Waals surface area contributed by atoms with Crippen molar-refractivity contribution in [1.29, 1.82) is 0 Å². The molecule has 0 aliphatic heterocycles. The van der Waals surface area contributed by atoms with E-state index in [0.29, 0.717) is 23.0 Å². The predicted molar refractivity (Wildman–Crippen MR) is 108 cm³/mol. The highest BCUT2D eigenvalue weighted by atomic mass is 16.5. The van der Waals surface area contributed by atoms with E-state index in [0.717, 1.165) is 42.2 Å². The van der Waals surface area contributed by atoms with Crippen LogP contribution < -0.4 is 15.7 Å². The summed E-state index contributed by atoms with van der Waals surface area (Å²) in [4.78, 5) is 24.6. The van der Waals surface area contributed by atoms with Crippen LogP contribution in [0.3, 0.4) is 0 Å². The van der Waals surface area contributed by atoms with Crippen LogP contribution in [0, 0.1) is 20.8 Å². The van der Waals surface area contributed by atoms with Crippen LogP contribution in [0.25, 0.3) is 11.0 Å². The highest BCUT2D eigenvalue weighted by Crippen LogP contribution is 2.31. The Kier molecular flexibility index (Phi) is 6.08. The number of ether oxygens (including phenoxy) is 2. The van der Waals surface area contributed by atoms with Crippen LogP contribution in [0.5, 0.6) is 5.75 Å². The third-order valence-electron chi connectivity index (χ3n) is 5.68. The normalized spacial score (nSPS) is 20.8. The number of nitrogens with one attached hydrogen (secondary N) is 1. The number of methoxy groups -OCH3 is 1. The average molecular weight is 387 g/mol. The Morgan fingerprint density at radius 1 is 1.14 bits per heavy atom. The lowest BCUT2D eigenvalue weighted by molar-refractivity contribution is -0.128. The van der Waals surface area contributed by atoms with E-state index in [1.165, 1.54) is 0 Å². The first-order chi connectivity index (χ1) is 13.3. The van der Waals surface area contributed by atoms with Crippen LogP contribution in [0.15, 0.2) is 21.3 Å². The van der Waals surface area contributed by atoms with Gasteiger partial charge in [-0.3, -0.25) is 4.79 Å². The second-order valence-corrected chi connectivity index (χ2v) is 7.75. The van der Waals surface area contributed by atoms with Gasteiger partial charge in [-0.1, -0.05) is 0 Å². The van der Waals surface area contributed by atoms with Crippen LogP contribution >= 0.6 is 0 Å². The standard InChI is InChI=1S/C22H29NO5/c1-12-10-18(20-13(2)14(3)22(25)28-19(20)11-12)27-15(4)21(24)23-16-6-8-17(26-5)9-7-16/h10-11,15-17H,6-9H2,1-5H3,(H,23,24). The highest BCUT2D eigenvalue weighted by Gasteiger charge is 2.25. The molecule has 0 bridgehead atoms. The molecule has 1 atom stereocenters. The molecule has 2 aromatic rings. The molecular formula is C22H29NO5. The van der Waals surface area contributed by atoms with Gasteiger partial charge in [-0.15, -0.1) is 0 Å². The second-order valence-electron chi connectivity index (χ2n) is 7.75. The zero-order valence-electron chi connectivity index (χ0n) is 17.3. The zero-order valence-corrected chi connectivity index (χ0v) is 17.3. The lowest BCUT2D eigenvalue weighted by atomic mass is 9.93. The maximum atomic E-state index is 12.7. The molecule has 0 radical (unpaired) electrons. The predicted octanol–water partition coefficient (Wildman–Crippen LogP) is 3.56. The van der Waals surface area contributed by atoms with Crippen molar-refractivity contribution in [3.05, 3.63) is 39.2 Å². The first-order valence-corrected chi connectivity index (χ1v) is 9.84. The first kappa shape index (κ1) is 20.4. The molecule has 1 aromatic heterocycles. The minimum Gasteiger partial charge on any atom is -0.480 e. The molecule has 1 saturated carbocycles. The molecule has 28 heavy (non-hydrogen) atoms. The van der Waals surface area contributed by atoms with Gasteiger partial charge >= 0.3 is 5.63 Å². The van der Waals surface area contributed by atoms with Crippen LogP contribution in [0.2, 0.25) is 0 Å². The van der Waals surface area contributed by atoms with Crippen molar-refractivity contribution in [2.24, 2.45) is 0 Å². The van der Waals surface area contributed by atoms with Gasteiger partial charge in [-0.05, 0) is 76.6 Å². The fraction of sp³-hybridized carbons (Fsp3) is 0.545. The van der Waals surface area contributed by atoms with E-state index < -0.39 is 6.10 Å². The summed E-state index contributed by atoms with van der Waals surface area (Å²) in [7, 11) is 1.73. The maximum Gasteiger partial charge on any atom is 0.339 e. The van der Waals surface area contributed by atoms with Gasteiger partial charge in [0.05, 0.1) is 11.5 Å². The smallest absolute Gasteiger partial charge is 0.339 e. The van der Waals surface area contributed by atoms with E-state index in [1.807, 2.05) is 26.0 Å². The number of benzene rings is 1. The van der Waals surface area contributed by atoms with Gasteiger partial charge < -0.3 is 19.2 Å². The molecule has 1 aromatic carbocycles. The van der Waals surface area contributed by atoms with E-state index in [-0.39, 0.29) is 17.6 Å². The van der Waals surface area contributed by atoms with Crippen LogP contribution in [-0.2, 0) is 9.53 Å². The Labute approximate surface area is 165 Å². The second kappa shape index (κ2) is 8.35. The molecule has 0 saturated heterocycles. The summed E-state index contributed by atoms with van der Waals surface area (Å²) in [6.07, 6.45) is 3.37. The van der Waals surface area contributed by atoms with E-state index in [4.69, 9.17) is 13.9 Å². The molecule has 6 heteroatoms. The summed E-state index contributed by atoms with van der Waals surface area (Å²) in [6, 6.07) is 3.85. The maximum absolute atomic E-state index is 12.7. The number of fused-ring (bicyclic) bond motifs is 1. The third-order valence-corrected chi connectivity index (χ3v) is 5.68. The van der Waals surface area contributed by atoms with Gasteiger partial charge in [0, 0.05) is 18.7 Å². The topological polar surface area (TPSA) is 77.8 Å². The van der Waals surface area contributed by atoms with E-state index in [1.54, 1.807) is 21.0 Å². The van der Waals surface area contributed by atoms with E-state index in [2.05, 4.69) is 5.32 Å². The molecule has 1 amide bonds. The number of amides is 1. The number of hydrogen-bond acceptors (Lipinski definition) is 5. The summed E-state index contributed by atoms with van der Waals surface area (Å²) >= 11 is 0. The fourth-order valence-corrected chi connectivity index (χ4v) is 3.79. The minimum atomic E-state index is -0.656. The van der Waals surface area contributed by atoms with Gasteiger partial charge in [0.25, 0.3) is 5.91 Å². The van der Waals surface area contributed by atoms with Crippen LogP contribution in [0.1, 0.15) is 49.3 Å². The van der Waals surface area contributed by atoms with Crippen molar-refractivity contribution >= 4 is 16.9 Å². The van der Waals surface area contributed by atoms with Crippen molar-refractivity contribution in [1.82, 2.24) is 5.32 Å². The van der Waals surface area contributed by atoms with Crippen LogP contribution in [-0.4, -0.2) is 31.3 Å². The van der Waals surface area contributed by atoms with E-state index in [9.17, 15) is 9.59 Å². The number of carbonyl (C=O) groups is 1. The Bertz CT molecular complexity index is 925. The summed E-state index contributed by atoms with van der Waals surface area (Å²) in [5.74, 6) is 0.423. The van der Waals surface area contributed by atoms with Crippen molar-refractivity contribution in [2.75, 3.05) is 7.11 Å². The molecule has 152 valence electrons. The van der Waals surface area contributed by atoms with Gasteiger partial charge in [-0.25, -0.2) is 4.79 Å². The highest BCUT2D eigenvalue weighted by molar-refractivity contribution is 5.89. The van der Waals surface area contributed by atoms with Crippen molar-refractivity contribution in [3.63, 3.8) is 0 Å². The average Bonchev–Trinajstić information content (AvgIpc) is 2.66. The van der Waals surface area contributed by atoms with Crippen LogP contribution in [0.4, 0.5) is 0 Å². The van der Waals surface area contributed by atoms with E-state index >= 15 is 0 Å². The third kappa shape index (κ3) is 4.22. The summed E-state index contributed by atoms with van der Waals surface area (Å²) in [5, 5.41) is 3.83. The number of rotatable bonds is 5. The molecule has 6 nitrogen and oxygen atoms in total. The SMILES string of the molecule is COC1CCC(NC(=O)C(C)Oc2cc(C)cc3oc(=O)c(C)c(C)c23)CC1. The Morgan fingerprint density at radius 3 is 2.46 bits per heavy atom. The zero-order chi connectivity index (χ0) is 20.4.